The lowest BCUT2D eigenvalue weighted by Gasteiger charge is -2.15. The van der Waals surface area contributed by atoms with Crippen molar-refractivity contribution in [1.29, 1.82) is 0 Å². The molecule has 0 bridgehead atoms. The number of aromatic carboxylic acids is 2. The molecule has 2 N–H and O–H groups in total. The molecule has 1 aromatic carbocycles. The van der Waals surface area contributed by atoms with Crippen LogP contribution in [0.15, 0.2) is 12.1 Å². The summed E-state index contributed by atoms with van der Waals surface area (Å²) < 4.78 is 0. The second kappa shape index (κ2) is 36.2. The first-order valence-electron chi connectivity index (χ1n) is 23.1. The number of hydrogen-bond acceptors (Lipinski definition) is 2. The average molecular weight is 727 g/mol. The molecule has 0 aliphatic carbocycles. The van der Waals surface area contributed by atoms with E-state index in [0.717, 1.165) is 43.2 Å². The van der Waals surface area contributed by atoms with Crippen LogP contribution in [0.25, 0.3) is 0 Å². The van der Waals surface area contributed by atoms with E-state index in [0.29, 0.717) is 6.42 Å². The molecule has 1 aromatic rings. The van der Waals surface area contributed by atoms with Gasteiger partial charge in [-0.15, -0.1) is 0 Å². The summed E-state index contributed by atoms with van der Waals surface area (Å²) in [6.07, 6.45) is 49.5. The summed E-state index contributed by atoms with van der Waals surface area (Å²) in [5.74, 6) is -2.24. The smallest absolute Gasteiger partial charge is 0.336 e. The minimum Gasteiger partial charge on any atom is -0.478 e. The Kier molecular flexibility index (Phi) is 33.5. The van der Waals surface area contributed by atoms with Gasteiger partial charge in [0.05, 0.1) is 11.1 Å². The molecule has 0 unspecified atom stereocenters. The van der Waals surface area contributed by atoms with Crippen LogP contribution in [0.5, 0.6) is 0 Å². The van der Waals surface area contributed by atoms with Crippen LogP contribution >= 0.6 is 0 Å². The first-order chi connectivity index (χ1) is 25.5. The number of aryl methyl sites for hydroxylation is 1. The van der Waals surface area contributed by atoms with E-state index in [4.69, 9.17) is 0 Å². The predicted octanol–water partition coefficient (Wildman–Crippen LogP) is 16.3. The largest absolute Gasteiger partial charge is 0.478 e. The maximum atomic E-state index is 12.3. The van der Waals surface area contributed by atoms with Crippen LogP contribution in [-0.4, -0.2) is 22.2 Å². The fraction of sp³-hybridized carbons (Fsp3) is 0.833. The van der Waals surface area contributed by atoms with Gasteiger partial charge in [-0.05, 0) is 42.9 Å². The van der Waals surface area contributed by atoms with Crippen molar-refractivity contribution in [2.45, 2.75) is 258 Å². The number of rotatable bonds is 40. The molecule has 0 aliphatic rings. The lowest BCUT2D eigenvalue weighted by Crippen LogP contribution is -2.14. The number of hydrogen-bond donors (Lipinski definition) is 2. The summed E-state index contributed by atoms with van der Waals surface area (Å²) in [6.45, 7) is 4.57. The zero-order valence-corrected chi connectivity index (χ0v) is 34.7. The highest BCUT2D eigenvalue weighted by molar-refractivity contribution is 6.03. The van der Waals surface area contributed by atoms with Crippen molar-refractivity contribution >= 4 is 11.9 Å². The van der Waals surface area contributed by atoms with Crippen molar-refractivity contribution in [3.63, 3.8) is 0 Å². The molecule has 0 amide bonds. The standard InChI is InChI=1S/C48H86O4/c1-3-5-7-9-11-13-15-17-19-21-23-25-27-29-31-33-35-37-39-43-41-42-45(47(49)50)46(48(51)52)44(43)40-38-36-34-32-30-28-26-24-22-20-18-16-14-12-10-8-6-4-2/h41-42H,3-40H2,1-2H3,(H,49,50)(H,51,52). The minimum atomic E-state index is -1.14. The Hall–Kier alpha value is -1.84. The van der Waals surface area contributed by atoms with Gasteiger partial charge in [-0.3, -0.25) is 0 Å². The van der Waals surface area contributed by atoms with E-state index in [9.17, 15) is 19.8 Å². The topological polar surface area (TPSA) is 74.6 Å². The van der Waals surface area contributed by atoms with E-state index >= 15 is 0 Å². The number of carboxylic acid groups (broad SMARTS) is 2. The Labute approximate surface area is 323 Å². The molecule has 0 radical (unpaired) electrons. The van der Waals surface area contributed by atoms with Crippen LogP contribution in [0.4, 0.5) is 0 Å². The van der Waals surface area contributed by atoms with Gasteiger partial charge in [-0.25, -0.2) is 9.59 Å². The molecule has 0 saturated carbocycles. The van der Waals surface area contributed by atoms with Gasteiger partial charge in [0.25, 0.3) is 0 Å². The third-order valence-electron chi connectivity index (χ3n) is 11.4. The van der Waals surface area contributed by atoms with E-state index in [-0.39, 0.29) is 11.1 Å². The molecule has 0 saturated heterocycles. The highest BCUT2D eigenvalue weighted by Crippen LogP contribution is 2.25. The maximum absolute atomic E-state index is 12.3. The van der Waals surface area contributed by atoms with E-state index in [1.807, 2.05) is 6.07 Å². The fourth-order valence-corrected chi connectivity index (χ4v) is 8.05. The Balaban J connectivity index is 2.20. The normalized spacial score (nSPS) is 11.4. The average Bonchev–Trinajstić information content (AvgIpc) is 3.13. The highest BCUT2D eigenvalue weighted by Gasteiger charge is 2.22. The lowest BCUT2D eigenvalue weighted by molar-refractivity contribution is 0.0650. The molecule has 0 spiro atoms. The van der Waals surface area contributed by atoms with Crippen LogP contribution < -0.4 is 0 Å². The van der Waals surface area contributed by atoms with Crippen LogP contribution in [-0.2, 0) is 12.8 Å². The fourth-order valence-electron chi connectivity index (χ4n) is 8.05. The predicted molar refractivity (Wildman–Crippen MR) is 225 cm³/mol. The molecule has 302 valence electrons. The Morgan fingerprint density at radius 2 is 0.635 bits per heavy atom. The molecule has 52 heavy (non-hydrogen) atoms. The van der Waals surface area contributed by atoms with Crippen molar-refractivity contribution in [2.75, 3.05) is 0 Å². The molecular formula is C48H86O4. The first kappa shape index (κ1) is 48.2. The van der Waals surface area contributed by atoms with E-state index in [1.165, 1.54) is 212 Å². The molecule has 0 aromatic heterocycles. The van der Waals surface area contributed by atoms with Crippen molar-refractivity contribution in [3.05, 3.63) is 34.4 Å². The van der Waals surface area contributed by atoms with Gasteiger partial charge in [0.2, 0.25) is 0 Å². The number of carboxylic acids is 2. The summed E-state index contributed by atoms with van der Waals surface area (Å²) in [4.78, 5) is 24.2. The highest BCUT2D eigenvalue weighted by atomic mass is 16.4. The summed E-state index contributed by atoms with van der Waals surface area (Å²) in [7, 11) is 0. The number of benzene rings is 1. The van der Waals surface area contributed by atoms with Gasteiger partial charge < -0.3 is 10.2 Å². The maximum Gasteiger partial charge on any atom is 0.336 e. The van der Waals surface area contributed by atoms with E-state index < -0.39 is 11.9 Å². The summed E-state index contributed by atoms with van der Waals surface area (Å²) in [5, 5.41) is 19.8. The van der Waals surface area contributed by atoms with Crippen LogP contribution in [0.3, 0.4) is 0 Å². The van der Waals surface area contributed by atoms with E-state index in [2.05, 4.69) is 13.8 Å². The van der Waals surface area contributed by atoms with Crippen molar-refractivity contribution in [2.24, 2.45) is 0 Å². The molecule has 1 rings (SSSR count). The Bertz CT molecular complexity index is 969. The molecule has 0 fully saturated rings. The van der Waals surface area contributed by atoms with Gasteiger partial charge in [0.1, 0.15) is 0 Å². The quantitative estimate of drug-likeness (QED) is 0.0660. The van der Waals surface area contributed by atoms with Gasteiger partial charge in [-0.1, -0.05) is 238 Å². The molecular weight excluding hydrogens is 641 g/mol. The molecule has 4 nitrogen and oxygen atoms in total. The van der Waals surface area contributed by atoms with Crippen LogP contribution in [0.2, 0.25) is 0 Å². The summed E-state index contributed by atoms with van der Waals surface area (Å²) in [6, 6.07) is 3.42. The zero-order valence-electron chi connectivity index (χ0n) is 34.7. The first-order valence-corrected chi connectivity index (χ1v) is 23.1. The van der Waals surface area contributed by atoms with Gasteiger partial charge >= 0.3 is 11.9 Å². The van der Waals surface area contributed by atoms with Crippen LogP contribution in [0, 0.1) is 0 Å². The third kappa shape index (κ3) is 26.9. The SMILES string of the molecule is CCCCCCCCCCCCCCCCCCCCc1ccc(C(=O)O)c(C(=O)O)c1CCCCCCCCCCCCCCCCCCCC. The Morgan fingerprint density at radius 1 is 0.365 bits per heavy atom. The molecule has 0 aliphatic heterocycles. The molecule has 4 heteroatoms. The zero-order chi connectivity index (χ0) is 37.7. The van der Waals surface area contributed by atoms with Gasteiger partial charge in [0, 0.05) is 0 Å². The Morgan fingerprint density at radius 3 is 0.904 bits per heavy atom. The molecule has 0 atom stereocenters. The molecule has 0 heterocycles. The van der Waals surface area contributed by atoms with Gasteiger partial charge in [0.15, 0.2) is 0 Å². The van der Waals surface area contributed by atoms with Gasteiger partial charge in [-0.2, -0.15) is 0 Å². The van der Waals surface area contributed by atoms with Crippen molar-refractivity contribution in [1.82, 2.24) is 0 Å². The van der Waals surface area contributed by atoms with Crippen LogP contribution in [0.1, 0.15) is 277 Å². The van der Waals surface area contributed by atoms with Crippen molar-refractivity contribution in [3.8, 4) is 0 Å². The van der Waals surface area contributed by atoms with E-state index in [1.54, 1.807) is 0 Å². The number of carbonyl (C=O) groups is 2. The second-order valence-corrected chi connectivity index (χ2v) is 16.3. The lowest BCUT2D eigenvalue weighted by atomic mass is 9.89. The minimum absolute atomic E-state index is 0.0272. The summed E-state index contributed by atoms with van der Waals surface area (Å²) >= 11 is 0. The monoisotopic (exact) mass is 727 g/mol. The number of unbranched alkanes of at least 4 members (excludes halogenated alkanes) is 34. The summed E-state index contributed by atoms with van der Waals surface area (Å²) in [5.41, 5.74) is 1.78. The second-order valence-electron chi connectivity index (χ2n) is 16.3. The van der Waals surface area contributed by atoms with Crippen molar-refractivity contribution < 1.29 is 19.8 Å². The third-order valence-corrected chi connectivity index (χ3v) is 11.4.